The minimum absolute atomic E-state index is 0.138. The van der Waals surface area contributed by atoms with Gasteiger partial charge in [0.25, 0.3) is 0 Å². The first-order valence-electron chi connectivity index (χ1n) is 6.11. The van der Waals surface area contributed by atoms with E-state index >= 15 is 0 Å². The Morgan fingerprint density at radius 1 is 1.39 bits per heavy atom. The van der Waals surface area contributed by atoms with Gasteiger partial charge in [0, 0.05) is 13.0 Å². The number of hydrogen-bond donors (Lipinski definition) is 2. The minimum Gasteiger partial charge on any atom is -0.508 e. The summed E-state index contributed by atoms with van der Waals surface area (Å²) in [6, 6.07) is 6.58. The summed E-state index contributed by atoms with van der Waals surface area (Å²) < 4.78 is 5.38. The first-order chi connectivity index (χ1) is 8.49. The first kappa shape index (κ1) is 14.5. The molecule has 0 aliphatic carbocycles. The quantitative estimate of drug-likeness (QED) is 0.782. The van der Waals surface area contributed by atoms with E-state index in [0.29, 0.717) is 12.5 Å². The zero-order valence-corrected chi connectivity index (χ0v) is 10.8. The largest absolute Gasteiger partial charge is 0.508 e. The van der Waals surface area contributed by atoms with Crippen molar-refractivity contribution in [1.82, 2.24) is 0 Å². The van der Waals surface area contributed by atoms with Crippen LogP contribution in [0.2, 0.25) is 0 Å². The van der Waals surface area contributed by atoms with Crippen LogP contribution in [0.25, 0.3) is 0 Å². The number of phenols is 1. The molecule has 0 aromatic heterocycles. The highest BCUT2D eigenvalue weighted by molar-refractivity contribution is 5.72. The second-order valence-corrected chi connectivity index (χ2v) is 4.75. The number of benzene rings is 1. The number of phenolic OH excluding ortho intramolecular Hbond substituents is 1. The van der Waals surface area contributed by atoms with Gasteiger partial charge in [-0.15, -0.1) is 0 Å². The summed E-state index contributed by atoms with van der Waals surface area (Å²) in [5.74, 6) is -0.346. The van der Waals surface area contributed by atoms with E-state index in [1.807, 2.05) is 0 Å². The van der Waals surface area contributed by atoms with Gasteiger partial charge in [-0.05, 0) is 30.0 Å². The molecule has 0 saturated heterocycles. The number of carbonyl (C=O) groups is 1. The van der Waals surface area contributed by atoms with Crippen LogP contribution >= 0.6 is 0 Å². The normalized spacial score (nSPS) is 12.6. The Kier molecular flexibility index (Phi) is 5.65. The molecular weight excluding hydrogens is 232 g/mol. The lowest BCUT2D eigenvalue weighted by molar-refractivity contribution is -0.150. The zero-order valence-electron chi connectivity index (χ0n) is 10.8. The van der Waals surface area contributed by atoms with Gasteiger partial charge < -0.3 is 14.9 Å². The Labute approximate surface area is 107 Å². The van der Waals surface area contributed by atoms with E-state index < -0.39 is 12.1 Å². The van der Waals surface area contributed by atoms with Crippen molar-refractivity contribution in [2.45, 2.75) is 32.8 Å². The molecule has 1 aromatic rings. The highest BCUT2D eigenvalue weighted by Gasteiger charge is 2.18. The van der Waals surface area contributed by atoms with Crippen LogP contribution in [0.15, 0.2) is 24.3 Å². The Hall–Kier alpha value is -1.55. The Balaban J connectivity index is 2.55. The third kappa shape index (κ3) is 5.19. The molecule has 4 nitrogen and oxygen atoms in total. The van der Waals surface area contributed by atoms with E-state index in [1.165, 1.54) is 0 Å². The molecule has 0 fully saturated rings. The molecule has 1 aromatic carbocycles. The number of aromatic hydroxyl groups is 1. The van der Waals surface area contributed by atoms with Crippen molar-refractivity contribution < 1.29 is 19.7 Å². The number of rotatable bonds is 7. The molecule has 100 valence electrons. The van der Waals surface area contributed by atoms with Crippen molar-refractivity contribution in [3.8, 4) is 5.75 Å². The molecule has 0 spiro atoms. The highest BCUT2D eigenvalue weighted by atomic mass is 16.5. The Bertz CT molecular complexity index is 387. The summed E-state index contributed by atoms with van der Waals surface area (Å²) in [6.45, 7) is 4.57. The molecule has 1 rings (SSSR count). The van der Waals surface area contributed by atoms with E-state index in [1.54, 1.807) is 24.3 Å². The molecule has 2 N–H and O–H groups in total. The summed E-state index contributed by atoms with van der Waals surface area (Å²) in [4.78, 5) is 11.1. The van der Waals surface area contributed by atoms with Gasteiger partial charge in [0.1, 0.15) is 5.75 Å². The van der Waals surface area contributed by atoms with Gasteiger partial charge in [-0.2, -0.15) is 0 Å². The van der Waals surface area contributed by atoms with Gasteiger partial charge >= 0.3 is 5.97 Å². The van der Waals surface area contributed by atoms with Crippen molar-refractivity contribution in [3.05, 3.63) is 29.8 Å². The minimum atomic E-state index is -0.970. The third-order valence-electron chi connectivity index (χ3n) is 2.62. The van der Waals surface area contributed by atoms with Crippen molar-refractivity contribution in [2.75, 3.05) is 6.61 Å². The fourth-order valence-corrected chi connectivity index (χ4v) is 1.56. The monoisotopic (exact) mass is 252 g/mol. The second-order valence-electron chi connectivity index (χ2n) is 4.75. The van der Waals surface area contributed by atoms with E-state index in [0.717, 1.165) is 12.0 Å². The molecule has 0 bridgehead atoms. The summed E-state index contributed by atoms with van der Waals surface area (Å²) >= 11 is 0. The van der Waals surface area contributed by atoms with Gasteiger partial charge in [-0.1, -0.05) is 26.0 Å². The molecule has 0 saturated carbocycles. The predicted octanol–water partition coefficient (Wildman–Crippen LogP) is 2.45. The highest BCUT2D eigenvalue weighted by Crippen LogP contribution is 2.14. The molecule has 1 atom stereocenters. The van der Waals surface area contributed by atoms with Crippen molar-refractivity contribution in [3.63, 3.8) is 0 Å². The molecule has 4 heteroatoms. The maximum Gasteiger partial charge on any atom is 0.333 e. The molecule has 0 amide bonds. The zero-order chi connectivity index (χ0) is 13.5. The van der Waals surface area contributed by atoms with Crippen molar-refractivity contribution in [1.29, 1.82) is 0 Å². The Morgan fingerprint density at radius 3 is 2.67 bits per heavy atom. The summed E-state index contributed by atoms with van der Waals surface area (Å²) in [5.41, 5.74) is 0.756. The fraction of sp³-hybridized carbons (Fsp3) is 0.500. The van der Waals surface area contributed by atoms with Crippen LogP contribution in [0.1, 0.15) is 25.8 Å². The molecule has 18 heavy (non-hydrogen) atoms. The van der Waals surface area contributed by atoms with Gasteiger partial charge in [-0.3, -0.25) is 0 Å². The van der Waals surface area contributed by atoms with Gasteiger partial charge in [0.2, 0.25) is 0 Å². The van der Waals surface area contributed by atoms with Crippen molar-refractivity contribution >= 4 is 5.97 Å². The van der Waals surface area contributed by atoms with Crippen LogP contribution in [-0.4, -0.2) is 28.9 Å². The van der Waals surface area contributed by atoms with Crippen LogP contribution < -0.4 is 0 Å². The predicted molar refractivity (Wildman–Crippen MR) is 68.6 cm³/mol. The number of hydrogen-bond acceptors (Lipinski definition) is 3. The number of carboxylic acids is 1. The summed E-state index contributed by atoms with van der Waals surface area (Å²) in [6.07, 6.45) is 0.247. The summed E-state index contributed by atoms with van der Waals surface area (Å²) in [5, 5.41) is 18.4. The second kappa shape index (κ2) is 7.01. The average Bonchev–Trinajstić information content (AvgIpc) is 2.27. The number of carboxylic acid groups (broad SMARTS) is 1. The van der Waals surface area contributed by atoms with Crippen LogP contribution in [0.5, 0.6) is 5.75 Å². The standard InChI is InChI=1S/C14H20O4/c1-10(2)6-7-18-13(14(16)17)9-11-4-3-5-12(15)8-11/h3-5,8,10,13,15H,6-7,9H2,1-2H3,(H,16,17)/t13-/m0/s1. The van der Waals surface area contributed by atoms with E-state index in [4.69, 9.17) is 9.84 Å². The number of aliphatic carboxylic acids is 1. The van der Waals surface area contributed by atoms with Gasteiger partial charge in [0.15, 0.2) is 6.10 Å². The molecule has 0 aliphatic heterocycles. The van der Waals surface area contributed by atoms with Gasteiger partial charge in [-0.25, -0.2) is 4.79 Å². The lowest BCUT2D eigenvalue weighted by atomic mass is 10.1. The van der Waals surface area contributed by atoms with Crippen LogP contribution in [-0.2, 0) is 16.0 Å². The van der Waals surface area contributed by atoms with Crippen molar-refractivity contribution in [2.24, 2.45) is 5.92 Å². The topological polar surface area (TPSA) is 66.8 Å². The SMILES string of the molecule is CC(C)CCO[C@@H](Cc1cccc(O)c1)C(=O)O. The van der Waals surface area contributed by atoms with Gasteiger partial charge in [0.05, 0.1) is 0 Å². The molecular formula is C14H20O4. The molecule has 0 unspecified atom stereocenters. The lowest BCUT2D eigenvalue weighted by Gasteiger charge is -2.14. The average molecular weight is 252 g/mol. The third-order valence-corrected chi connectivity index (χ3v) is 2.62. The van der Waals surface area contributed by atoms with E-state index in [2.05, 4.69) is 13.8 Å². The Morgan fingerprint density at radius 2 is 2.11 bits per heavy atom. The fourth-order valence-electron chi connectivity index (χ4n) is 1.56. The smallest absolute Gasteiger partial charge is 0.333 e. The molecule has 0 aliphatic rings. The maximum atomic E-state index is 11.1. The number of ether oxygens (including phenoxy) is 1. The summed E-state index contributed by atoms with van der Waals surface area (Å²) in [7, 11) is 0. The molecule has 0 heterocycles. The van der Waals surface area contributed by atoms with Crippen LogP contribution in [0, 0.1) is 5.92 Å². The van der Waals surface area contributed by atoms with Crippen LogP contribution in [0.4, 0.5) is 0 Å². The lowest BCUT2D eigenvalue weighted by Crippen LogP contribution is -2.27. The van der Waals surface area contributed by atoms with E-state index in [-0.39, 0.29) is 12.2 Å². The maximum absolute atomic E-state index is 11.1. The van der Waals surface area contributed by atoms with E-state index in [9.17, 15) is 9.90 Å². The van der Waals surface area contributed by atoms with Crippen LogP contribution in [0.3, 0.4) is 0 Å². The first-order valence-corrected chi connectivity index (χ1v) is 6.11. The molecule has 0 radical (unpaired) electrons.